The van der Waals surface area contributed by atoms with Crippen LogP contribution in [0.5, 0.6) is 0 Å². The molecular weight excluding hydrogens is 236 g/mol. The van der Waals surface area contributed by atoms with Gasteiger partial charge in [0.2, 0.25) is 0 Å². The van der Waals surface area contributed by atoms with Crippen LogP contribution >= 0.6 is 0 Å². The number of aliphatic hydroxyl groups excluding tert-OH is 1. The summed E-state index contributed by atoms with van der Waals surface area (Å²) in [7, 11) is 0. The van der Waals surface area contributed by atoms with Gasteiger partial charge in [-0.3, -0.25) is 0 Å². The molecule has 0 saturated carbocycles. The highest BCUT2D eigenvalue weighted by molar-refractivity contribution is 5.87. The maximum Gasteiger partial charge on any atom is 0.333 e. The van der Waals surface area contributed by atoms with E-state index in [-0.39, 0.29) is 12.1 Å². The van der Waals surface area contributed by atoms with E-state index in [0.717, 1.165) is 0 Å². The molecule has 1 saturated heterocycles. The summed E-state index contributed by atoms with van der Waals surface area (Å²) in [4.78, 5) is 11.6. The maximum atomic E-state index is 11.6. The summed E-state index contributed by atoms with van der Waals surface area (Å²) < 4.78 is 16.1. The van der Waals surface area contributed by atoms with E-state index in [4.69, 9.17) is 14.2 Å². The van der Waals surface area contributed by atoms with Gasteiger partial charge >= 0.3 is 5.97 Å². The molecule has 0 spiro atoms. The van der Waals surface area contributed by atoms with Gasteiger partial charge in [0.1, 0.15) is 12.2 Å². The highest BCUT2D eigenvalue weighted by Gasteiger charge is 2.37. The molecule has 18 heavy (non-hydrogen) atoms. The van der Waals surface area contributed by atoms with Crippen molar-refractivity contribution in [3.8, 4) is 0 Å². The van der Waals surface area contributed by atoms with Gasteiger partial charge in [0, 0.05) is 18.6 Å². The number of allylic oxidation sites excluding steroid dienone is 1. The fourth-order valence-electron chi connectivity index (χ4n) is 1.74. The number of aliphatic hydroxyl groups is 1. The van der Waals surface area contributed by atoms with Crippen LogP contribution < -0.4 is 0 Å². The van der Waals surface area contributed by atoms with Gasteiger partial charge in [0.05, 0.1) is 6.10 Å². The molecule has 1 fully saturated rings. The zero-order chi connectivity index (χ0) is 13.7. The van der Waals surface area contributed by atoms with Gasteiger partial charge in [-0.15, -0.1) is 0 Å². The fourth-order valence-corrected chi connectivity index (χ4v) is 1.74. The third kappa shape index (κ3) is 3.80. The highest BCUT2D eigenvalue weighted by atomic mass is 16.7. The van der Waals surface area contributed by atoms with E-state index in [2.05, 4.69) is 0 Å². The topological polar surface area (TPSA) is 65.0 Å². The third-order valence-corrected chi connectivity index (χ3v) is 3.00. The van der Waals surface area contributed by atoms with Crippen molar-refractivity contribution < 1.29 is 24.1 Å². The molecule has 4 atom stereocenters. The second-order valence-corrected chi connectivity index (χ2v) is 4.38. The van der Waals surface area contributed by atoms with Gasteiger partial charge in [-0.25, -0.2) is 4.79 Å². The van der Waals surface area contributed by atoms with Gasteiger partial charge < -0.3 is 19.3 Å². The molecule has 0 aromatic carbocycles. The molecule has 5 heteroatoms. The normalized spacial score (nSPS) is 33.3. The van der Waals surface area contributed by atoms with Crippen molar-refractivity contribution in [3.05, 3.63) is 11.6 Å². The first-order valence-corrected chi connectivity index (χ1v) is 6.28. The van der Waals surface area contributed by atoms with E-state index in [0.29, 0.717) is 18.6 Å². The van der Waals surface area contributed by atoms with Crippen LogP contribution in [0.1, 0.15) is 34.1 Å². The van der Waals surface area contributed by atoms with Crippen molar-refractivity contribution in [3.63, 3.8) is 0 Å². The second kappa shape index (κ2) is 6.87. The highest BCUT2D eigenvalue weighted by Crippen LogP contribution is 2.24. The Balaban J connectivity index is 2.57. The first-order valence-electron chi connectivity index (χ1n) is 6.28. The van der Waals surface area contributed by atoms with Crippen molar-refractivity contribution in [2.24, 2.45) is 0 Å². The lowest BCUT2D eigenvalue weighted by Gasteiger charge is -2.37. The minimum absolute atomic E-state index is 0.293. The summed E-state index contributed by atoms with van der Waals surface area (Å²) >= 11 is 0. The minimum Gasteiger partial charge on any atom is -0.456 e. The van der Waals surface area contributed by atoms with Crippen LogP contribution in [0.25, 0.3) is 0 Å². The Bertz CT molecular complexity index is 313. The lowest BCUT2D eigenvalue weighted by Crippen LogP contribution is -2.48. The quantitative estimate of drug-likeness (QED) is 0.610. The predicted octanol–water partition coefficient (Wildman–Crippen LogP) is 1.40. The Labute approximate surface area is 108 Å². The van der Waals surface area contributed by atoms with Gasteiger partial charge in [0.15, 0.2) is 6.29 Å². The lowest BCUT2D eigenvalue weighted by molar-refractivity contribution is -0.262. The fraction of sp³-hybridized carbons (Fsp3) is 0.769. The summed E-state index contributed by atoms with van der Waals surface area (Å²) in [6.07, 6.45) is -0.129. The van der Waals surface area contributed by atoms with Crippen molar-refractivity contribution in [2.45, 2.75) is 58.7 Å². The first-order chi connectivity index (χ1) is 8.49. The van der Waals surface area contributed by atoms with Crippen LogP contribution in [0.15, 0.2) is 11.6 Å². The predicted molar refractivity (Wildman–Crippen MR) is 65.9 cm³/mol. The molecule has 0 aromatic rings. The molecule has 0 bridgehead atoms. The molecule has 1 aliphatic heterocycles. The van der Waals surface area contributed by atoms with Crippen LogP contribution in [0.4, 0.5) is 0 Å². The standard InChI is InChI=1S/C13H22O5/c1-5-8(3)12(15)18-11-7-10(14)13(16-6-2)17-9(11)4/h5,9-11,13-14H,6-7H2,1-4H3/b8-5+/t9?,10-,11+,13+/m0/s1. The molecule has 1 N–H and O–H groups in total. The largest absolute Gasteiger partial charge is 0.456 e. The number of carbonyl (C=O) groups is 1. The Morgan fingerprint density at radius 1 is 1.56 bits per heavy atom. The van der Waals surface area contributed by atoms with Crippen molar-refractivity contribution in [1.29, 1.82) is 0 Å². The zero-order valence-electron chi connectivity index (χ0n) is 11.4. The van der Waals surface area contributed by atoms with Crippen LogP contribution in [0, 0.1) is 0 Å². The second-order valence-electron chi connectivity index (χ2n) is 4.38. The molecule has 0 aliphatic carbocycles. The van der Waals surface area contributed by atoms with Gasteiger partial charge in [0.25, 0.3) is 0 Å². The van der Waals surface area contributed by atoms with Crippen molar-refractivity contribution in [2.75, 3.05) is 6.61 Å². The van der Waals surface area contributed by atoms with Gasteiger partial charge in [-0.1, -0.05) is 6.08 Å². The summed E-state index contributed by atoms with van der Waals surface area (Å²) in [5.74, 6) is -0.375. The monoisotopic (exact) mass is 258 g/mol. The molecule has 0 aromatic heterocycles. The van der Waals surface area contributed by atoms with E-state index in [1.807, 2.05) is 6.92 Å². The van der Waals surface area contributed by atoms with Crippen LogP contribution in [-0.4, -0.2) is 42.3 Å². The molecule has 0 amide bonds. The van der Waals surface area contributed by atoms with Gasteiger partial charge in [-0.2, -0.15) is 0 Å². The summed E-state index contributed by atoms with van der Waals surface area (Å²) in [5, 5.41) is 9.84. The summed E-state index contributed by atoms with van der Waals surface area (Å²) in [6, 6.07) is 0. The molecule has 1 unspecified atom stereocenters. The summed E-state index contributed by atoms with van der Waals surface area (Å²) in [5.41, 5.74) is 0.545. The molecule has 5 nitrogen and oxygen atoms in total. The Hall–Kier alpha value is -0.910. The number of hydrogen-bond donors (Lipinski definition) is 1. The Morgan fingerprint density at radius 2 is 2.22 bits per heavy atom. The SMILES string of the molecule is C/C=C(\C)C(=O)O[C@@H]1C[C@H](O)[C@H](OCC)OC1C. The van der Waals surface area contributed by atoms with Crippen molar-refractivity contribution in [1.82, 2.24) is 0 Å². The average Bonchev–Trinajstić information content (AvgIpc) is 2.34. The van der Waals surface area contributed by atoms with E-state index in [9.17, 15) is 9.90 Å². The Morgan fingerprint density at radius 3 is 2.78 bits per heavy atom. The number of esters is 1. The van der Waals surface area contributed by atoms with E-state index >= 15 is 0 Å². The van der Waals surface area contributed by atoms with Crippen LogP contribution in [0.2, 0.25) is 0 Å². The van der Waals surface area contributed by atoms with Gasteiger partial charge in [-0.05, 0) is 27.7 Å². The number of rotatable bonds is 4. The van der Waals surface area contributed by atoms with E-state index < -0.39 is 18.5 Å². The van der Waals surface area contributed by atoms with Crippen molar-refractivity contribution >= 4 is 5.97 Å². The van der Waals surface area contributed by atoms with Crippen LogP contribution in [0.3, 0.4) is 0 Å². The lowest BCUT2D eigenvalue weighted by atomic mass is 10.0. The molecule has 0 radical (unpaired) electrons. The van der Waals surface area contributed by atoms with Crippen LogP contribution in [-0.2, 0) is 19.0 Å². The smallest absolute Gasteiger partial charge is 0.333 e. The Kier molecular flexibility index (Phi) is 5.78. The molecule has 1 rings (SSSR count). The molecule has 1 aliphatic rings. The molecule has 1 heterocycles. The first kappa shape index (κ1) is 15.1. The molecular formula is C13H22O5. The van der Waals surface area contributed by atoms with E-state index in [1.165, 1.54) is 0 Å². The number of hydrogen-bond acceptors (Lipinski definition) is 5. The molecule has 104 valence electrons. The zero-order valence-corrected chi connectivity index (χ0v) is 11.4. The number of ether oxygens (including phenoxy) is 3. The average molecular weight is 258 g/mol. The maximum absolute atomic E-state index is 11.6. The number of carbonyl (C=O) groups excluding carboxylic acids is 1. The minimum atomic E-state index is -0.773. The van der Waals surface area contributed by atoms with E-state index in [1.54, 1.807) is 26.8 Å². The third-order valence-electron chi connectivity index (χ3n) is 3.00. The summed E-state index contributed by atoms with van der Waals surface area (Å²) in [6.45, 7) is 7.58.